The standard InChI is InChI=1S/C19H10FN3O3S/c20-11-6-7-13-12(8-11)16(24)14-15(10-4-2-1-3-5-10)23(18(25)17(14)26-13)19-22-21-9-27-19/h1-9,15H. The van der Waals surface area contributed by atoms with Gasteiger partial charge in [0.1, 0.15) is 16.9 Å². The summed E-state index contributed by atoms with van der Waals surface area (Å²) in [6.45, 7) is 0. The summed E-state index contributed by atoms with van der Waals surface area (Å²) in [5.74, 6) is -1.07. The molecule has 1 aliphatic rings. The first-order valence-corrected chi connectivity index (χ1v) is 8.94. The van der Waals surface area contributed by atoms with Gasteiger partial charge in [0.25, 0.3) is 5.91 Å². The molecule has 2 aromatic heterocycles. The Balaban J connectivity index is 1.85. The van der Waals surface area contributed by atoms with E-state index < -0.39 is 23.2 Å². The molecule has 0 fully saturated rings. The number of fused-ring (bicyclic) bond motifs is 2. The molecule has 6 nitrogen and oxygen atoms in total. The molecule has 1 atom stereocenters. The summed E-state index contributed by atoms with van der Waals surface area (Å²) in [6.07, 6.45) is 0. The number of nitrogens with zero attached hydrogens (tertiary/aromatic N) is 3. The predicted molar refractivity (Wildman–Crippen MR) is 97.4 cm³/mol. The lowest BCUT2D eigenvalue weighted by Crippen LogP contribution is -2.29. The molecule has 0 saturated carbocycles. The van der Waals surface area contributed by atoms with Gasteiger partial charge in [-0.3, -0.25) is 14.5 Å². The van der Waals surface area contributed by atoms with Crippen LogP contribution in [0.15, 0.2) is 63.3 Å². The number of amides is 1. The molecular weight excluding hydrogens is 369 g/mol. The summed E-state index contributed by atoms with van der Waals surface area (Å²) < 4.78 is 19.4. The highest BCUT2D eigenvalue weighted by atomic mass is 32.1. The number of carbonyl (C=O) groups excluding carboxylic acids is 1. The van der Waals surface area contributed by atoms with Crippen molar-refractivity contribution >= 4 is 33.3 Å². The van der Waals surface area contributed by atoms with Crippen molar-refractivity contribution in [3.05, 3.63) is 87.0 Å². The molecule has 0 saturated heterocycles. The van der Waals surface area contributed by atoms with Crippen LogP contribution in [0.25, 0.3) is 11.0 Å². The van der Waals surface area contributed by atoms with Crippen molar-refractivity contribution in [1.82, 2.24) is 10.2 Å². The van der Waals surface area contributed by atoms with Gasteiger partial charge >= 0.3 is 0 Å². The molecule has 132 valence electrons. The molecule has 0 aliphatic carbocycles. The highest BCUT2D eigenvalue weighted by molar-refractivity contribution is 7.13. The number of benzene rings is 2. The summed E-state index contributed by atoms with van der Waals surface area (Å²) in [5, 5.41) is 8.24. The van der Waals surface area contributed by atoms with E-state index in [0.29, 0.717) is 5.13 Å². The van der Waals surface area contributed by atoms with Crippen LogP contribution >= 0.6 is 11.3 Å². The van der Waals surface area contributed by atoms with Crippen LogP contribution in [0.4, 0.5) is 9.52 Å². The molecule has 8 heteroatoms. The van der Waals surface area contributed by atoms with Crippen molar-refractivity contribution in [3.63, 3.8) is 0 Å². The molecule has 3 heterocycles. The maximum absolute atomic E-state index is 13.7. The third-order valence-corrected chi connectivity index (χ3v) is 5.19. The second kappa shape index (κ2) is 5.82. The fraction of sp³-hybridized carbons (Fsp3) is 0.0526. The van der Waals surface area contributed by atoms with Crippen molar-refractivity contribution in [3.8, 4) is 0 Å². The van der Waals surface area contributed by atoms with Crippen LogP contribution in [-0.4, -0.2) is 16.1 Å². The minimum absolute atomic E-state index is 0.0526. The highest BCUT2D eigenvalue weighted by Crippen LogP contribution is 2.41. The van der Waals surface area contributed by atoms with Crippen molar-refractivity contribution in [2.75, 3.05) is 4.90 Å². The van der Waals surface area contributed by atoms with Gasteiger partial charge in [-0.15, -0.1) is 10.2 Å². The van der Waals surface area contributed by atoms with Gasteiger partial charge < -0.3 is 4.42 Å². The van der Waals surface area contributed by atoms with Crippen molar-refractivity contribution in [2.24, 2.45) is 0 Å². The van der Waals surface area contributed by atoms with E-state index in [4.69, 9.17) is 4.42 Å². The van der Waals surface area contributed by atoms with Crippen LogP contribution in [0.2, 0.25) is 0 Å². The van der Waals surface area contributed by atoms with Crippen LogP contribution in [0.1, 0.15) is 27.7 Å². The topological polar surface area (TPSA) is 76.3 Å². The number of anilines is 1. The van der Waals surface area contributed by atoms with Crippen LogP contribution in [-0.2, 0) is 0 Å². The largest absolute Gasteiger partial charge is 0.450 e. The first-order chi connectivity index (χ1) is 13.1. The fourth-order valence-electron chi connectivity index (χ4n) is 3.37. The molecular formula is C19H10FN3O3S. The van der Waals surface area contributed by atoms with Gasteiger partial charge in [0, 0.05) is 0 Å². The molecule has 0 spiro atoms. The lowest BCUT2D eigenvalue weighted by molar-refractivity contribution is 0.0970. The number of hydrogen-bond donors (Lipinski definition) is 0. The molecule has 0 radical (unpaired) electrons. The van der Waals surface area contributed by atoms with E-state index in [1.165, 1.54) is 33.9 Å². The van der Waals surface area contributed by atoms with Crippen molar-refractivity contribution in [1.29, 1.82) is 0 Å². The predicted octanol–water partition coefficient (Wildman–Crippen LogP) is 3.53. The Kier molecular flexibility index (Phi) is 3.41. The van der Waals surface area contributed by atoms with Crippen LogP contribution in [0.3, 0.4) is 0 Å². The summed E-state index contributed by atoms with van der Waals surface area (Å²) in [6, 6.07) is 12.1. The number of hydrogen-bond acceptors (Lipinski definition) is 6. The van der Waals surface area contributed by atoms with Gasteiger partial charge in [-0.05, 0) is 23.8 Å². The third kappa shape index (κ3) is 2.30. The second-order valence-corrected chi connectivity index (χ2v) is 6.84. The molecule has 0 bridgehead atoms. The van der Waals surface area contributed by atoms with Crippen molar-refractivity contribution in [2.45, 2.75) is 6.04 Å². The first kappa shape index (κ1) is 15.8. The molecule has 4 aromatic rings. The van der Waals surface area contributed by atoms with E-state index in [-0.39, 0.29) is 22.3 Å². The fourth-order valence-corrected chi connectivity index (χ4v) is 3.95. The Morgan fingerprint density at radius 1 is 1.11 bits per heavy atom. The molecule has 2 aromatic carbocycles. The van der Waals surface area contributed by atoms with Gasteiger partial charge in [0.05, 0.1) is 17.0 Å². The summed E-state index contributed by atoms with van der Waals surface area (Å²) in [7, 11) is 0. The summed E-state index contributed by atoms with van der Waals surface area (Å²) in [4.78, 5) is 27.7. The lowest BCUT2D eigenvalue weighted by atomic mass is 9.99. The number of halogens is 1. The van der Waals surface area contributed by atoms with Crippen molar-refractivity contribution < 1.29 is 13.6 Å². The van der Waals surface area contributed by atoms with Crippen LogP contribution < -0.4 is 10.3 Å². The minimum Gasteiger partial charge on any atom is -0.450 e. The SMILES string of the molecule is O=C1c2oc3ccc(F)cc3c(=O)c2C(c2ccccc2)N1c1nncs1. The Morgan fingerprint density at radius 3 is 2.67 bits per heavy atom. The summed E-state index contributed by atoms with van der Waals surface area (Å²) >= 11 is 1.18. The molecule has 1 aliphatic heterocycles. The Bertz CT molecular complexity index is 1240. The molecule has 1 amide bonds. The maximum atomic E-state index is 13.7. The number of rotatable bonds is 2. The Hall–Kier alpha value is -3.39. The zero-order valence-corrected chi connectivity index (χ0v) is 14.4. The maximum Gasteiger partial charge on any atom is 0.297 e. The molecule has 27 heavy (non-hydrogen) atoms. The van der Waals surface area contributed by atoms with E-state index in [0.717, 1.165) is 11.6 Å². The van der Waals surface area contributed by atoms with E-state index in [2.05, 4.69) is 10.2 Å². The minimum atomic E-state index is -0.717. The number of aromatic nitrogens is 2. The zero-order chi connectivity index (χ0) is 18.5. The quantitative estimate of drug-likeness (QED) is 0.533. The molecule has 5 rings (SSSR count). The van der Waals surface area contributed by atoms with Gasteiger partial charge in [-0.1, -0.05) is 41.7 Å². The monoisotopic (exact) mass is 379 g/mol. The van der Waals surface area contributed by atoms with E-state index in [9.17, 15) is 14.0 Å². The average Bonchev–Trinajstić information content (AvgIpc) is 3.30. The Morgan fingerprint density at radius 2 is 1.93 bits per heavy atom. The van der Waals surface area contributed by atoms with Crippen LogP contribution in [0, 0.1) is 5.82 Å². The lowest BCUT2D eigenvalue weighted by Gasteiger charge is -2.21. The van der Waals surface area contributed by atoms with E-state index in [1.54, 1.807) is 0 Å². The normalized spacial score (nSPS) is 16.1. The molecule has 1 unspecified atom stereocenters. The smallest absolute Gasteiger partial charge is 0.297 e. The van der Waals surface area contributed by atoms with E-state index >= 15 is 0 Å². The van der Waals surface area contributed by atoms with Gasteiger partial charge in [-0.25, -0.2) is 4.39 Å². The Labute approximate surface area is 155 Å². The number of carbonyl (C=O) groups is 1. The third-order valence-electron chi connectivity index (χ3n) is 4.50. The average molecular weight is 379 g/mol. The van der Waals surface area contributed by atoms with Gasteiger partial charge in [0.15, 0.2) is 5.43 Å². The van der Waals surface area contributed by atoms with Crippen LogP contribution in [0.5, 0.6) is 0 Å². The second-order valence-electron chi connectivity index (χ2n) is 6.02. The first-order valence-electron chi connectivity index (χ1n) is 8.06. The molecule has 0 N–H and O–H groups in total. The van der Waals surface area contributed by atoms with E-state index in [1.807, 2.05) is 30.3 Å². The van der Waals surface area contributed by atoms with Gasteiger partial charge in [0.2, 0.25) is 10.9 Å². The summed E-state index contributed by atoms with van der Waals surface area (Å²) in [5.41, 5.74) is 2.15. The van der Waals surface area contributed by atoms with Gasteiger partial charge in [-0.2, -0.15) is 0 Å². The highest BCUT2D eigenvalue weighted by Gasteiger charge is 2.44. The zero-order valence-electron chi connectivity index (χ0n) is 13.6.